The molecule has 2 heterocycles. The molecule has 0 amide bonds. The average molecular weight is 317 g/mol. The summed E-state index contributed by atoms with van der Waals surface area (Å²) in [7, 11) is -3.29. The smallest absolute Gasteiger partial charge is 0.282 e. The van der Waals surface area contributed by atoms with Gasteiger partial charge in [-0.1, -0.05) is 27.2 Å². The minimum Gasteiger partial charge on any atom is -0.315 e. The lowest BCUT2D eigenvalue weighted by Gasteiger charge is -2.42. The Hall–Kier alpha value is -0.170. The summed E-state index contributed by atoms with van der Waals surface area (Å²) in [5, 5.41) is 3.31. The highest BCUT2D eigenvalue weighted by atomic mass is 32.2. The van der Waals surface area contributed by atoms with Crippen LogP contribution in [0.5, 0.6) is 0 Å². The quantitative estimate of drug-likeness (QED) is 0.841. The summed E-state index contributed by atoms with van der Waals surface area (Å²) in [5.74, 6) is 0. The van der Waals surface area contributed by atoms with Crippen molar-refractivity contribution in [3.8, 4) is 0 Å². The molecule has 21 heavy (non-hydrogen) atoms. The van der Waals surface area contributed by atoms with E-state index in [1.165, 1.54) is 0 Å². The van der Waals surface area contributed by atoms with Gasteiger partial charge in [-0.15, -0.1) is 0 Å². The highest BCUT2D eigenvalue weighted by Crippen LogP contribution is 2.32. The molecule has 2 fully saturated rings. The van der Waals surface area contributed by atoms with Crippen molar-refractivity contribution in [2.45, 2.75) is 58.9 Å². The van der Waals surface area contributed by atoms with Crippen LogP contribution in [0.2, 0.25) is 0 Å². The molecule has 2 aliphatic heterocycles. The van der Waals surface area contributed by atoms with Gasteiger partial charge < -0.3 is 5.32 Å². The Morgan fingerprint density at radius 2 is 1.81 bits per heavy atom. The maximum absolute atomic E-state index is 12.9. The SMILES string of the molecule is CCNCC1CCCCN1S(=O)(=O)N1CCC(C)(C)CC1. The van der Waals surface area contributed by atoms with Gasteiger partial charge in [0.25, 0.3) is 10.2 Å². The lowest BCUT2D eigenvalue weighted by molar-refractivity contribution is 0.172. The Morgan fingerprint density at radius 3 is 2.43 bits per heavy atom. The molecule has 5 nitrogen and oxygen atoms in total. The molecule has 0 aromatic heterocycles. The fourth-order valence-corrected chi connectivity index (χ4v) is 5.12. The first kappa shape index (κ1) is 17.2. The van der Waals surface area contributed by atoms with Gasteiger partial charge in [-0.3, -0.25) is 0 Å². The number of hydrogen-bond acceptors (Lipinski definition) is 3. The largest absolute Gasteiger partial charge is 0.315 e. The predicted molar refractivity (Wildman–Crippen MR) is 86.4 cm³/mol. The highest BCUT2D eigenvalue weighted by molar-refractivity contribution is 7.86. The summed E-state index contributed by atoms with van der Waals surface area (Å²) in [6, 6.07) is 0.124. The second-order valence-electron chi connectivity index (χ2n) is 7.14. The highest BCUT2D eigenvalue weighted by Gasteiger charge is 2.39. The van der Waals surface area contributed by atoms with Crippen LogP contribution in [0.25, 0.3) is 0 Å². The van der Waals surface area contributed by atoms with Gasteiger partial charge in [0.15, 0.2) is 0 Å². The molecule has 1 atom stereocenters. The van der Waals surface area contributed by atoms with Crippen LogP contribution < -0.4 is 5.32 Å². The van der Waals surface area contributed by atoms with E-state index >= 15 is 0 Å². The molecule has 0 saturated carbocycles. The average Bonchev–Trinajstić information content (AvgIpc) is 2.45. The minimum absolute atomic E-state index is 0.124. The van der Waals surface area contributed by atoms with Crippen molar-refractivity contribution in [2.75, 3.05) is 32.7 Å². The zero-order valence-electron chi connectivity index (χ0n) is 13.8. The molecule has 1 unspecified atom stereocenters. The molecule has 0 aromatic rings. The molecule has 6 heteroatoms. The van der Waals surface area contributed by atoms with Gasteiger partial charge >= 0.3 is 0 Å². The molecule has 2 rings (SSSR count). The van der Waals surface area contributed by atoms with E-state index in [1.807, 2.05) is 0 Å². The van der Waals surface area contributed by atoms with Gasteiger partial charge in [-0.2, -0.15) is 17.0 Å². The van der Waals surface area contributed by atoms with Gasteiger partial charge in [-0.05, 0) is 37.6 Å². The van der Waals surface area contributed by atoms with Crippen LogP contribution >= 0.6 is 0 Å². The fourth-order valence-electron chi connectivity index (χ4n) is 3.26. The van der Waals surface area contributed by atoms with E-state index in [0.29, 0.717) is 19.6 Å². The summed E-state index contributed by atoms with van der Waals surface area (Å²) < 4.78 is 29.4. The lowest BCUT2D eigenvalue weighted by Crippen LogP contribution is -2.55. The maximum Gasteiger partial charge on any atom is 0.282 e. The molecule has 1 N–H and O–H groups in total. The molecule has 2 saturated heterocycles. The minimum atomic E-state index is -3.29. The maximum atomic E-state index is 12.9. The number of nitrogens with zero attached hydrogens (tertiary/aromatic N) is 2. The molecule has 0 radical (unpaired) electrons. The van der Waals surface area contributed by atoms with Gasteiger partial charge in [0.05, 0.1) is 0 Å². The lowest BCUT2D eigenvalue weighted by atomic mass is 9.83. The summed E-state index contributed by atoms with van der Waals surface area (Å²) in [5.41, 5.74) is 0.275. The summed E-state index contributed by atoms with van der Waals surface area (Å²) >= 11 is 0. The third kappa shape index (κ3) is 4.18. The summed E-state index contributed by atoms with van der Waals surface area (Å²) in [6.45, 7) is 10.2. The molecule has 124 valence electrons. The second kappa shape index (κ2) is 6.94. The number of piperidine rings is 2. The Balaban J connectivity index is 2.06. The molecule has 0 bridgehead atoms. The number of nitrogens with one attached hydrogen (secondary N) is 1. The van der Waals surface area contributed by atoms with Crippen molar-refractivity contribution in [1.82, 2.24) is 13.9 Å². The van der Waals surface area contributed by atoms with Gasteiger partial charge in [0, 0.05) is 32.2 Å². The normalized spacial score (nSPS) is 28.6. The third-order valence-corrected chi connectivity index (χ3v) is 6.99. The van der Waals surface area contributed by atoms with Crippen molar-refractivity contribution in [2.24, 2.45) is 5.41 Å². The zero-order valence-corrected chi connectivity index (χ0v) is 14.6. The topological polar surface area (TPSA) is 52.7 Å². The van der Waals surface area contributed by atoms with E-state index in [2.05, 4.69) is 26.1 Å². The number of hydrogen-bond donors (Lipinski definition) is 1. The van der Waals surface area contributed by atoms with Gasteiger partial charge in [0.2, 0.25) is 0 Å². The molecule has 0 aliphatic carbocycles. The van der Waals surface area contributed by atoms with Crippen LogP contribution in [-0.4, -0.2) is 55.8 Å². The monoisotopic (exact) mass is 317 g/mol. The van der Waals surface area contributed by atoms with Crippen LogP contribution in [0.3, 0.4) is 0 Å². The second-order valence-corrected chi connectivity index (χ2v) is 9.02. The van der Waals surface area contributed by atoms with Crippen molar-refractivity contribution in [1.29, 1.82) is 0 Å². The molecule has 0 spiro atoms. The standard InChI is InChI=1S/C15H31N3O2S/c1-4-16-13-14-7-5-6-10-18(14)21(19,20)17-11-8-15(2,3)9-12-17/h14,16H,4-13H2,1-3H3. The van der Waals surface area contributed by atoms with Gasteiger partial charge in [-0.25, -0.2) is 0 Å². The van der Waals surface area contributed by atoms with E-state index in [9.17, 15) is 8.42 Å². The van der Waals surface area contributed by atoms with E-state index in [-0.39, 0.29) is 11.5 Å². The Kier molecular flexibility index (Phi) is 5.68. The Morgan fingerprint density at radius 1 is 1.14 bits per heavy atom. The summed E-state index contributed by atoms with van der Waals surface area (Å²) in [4.78, 5) is 0. The van der Waals surface area contributed by atoms with Crippen LogP contribution in [0.1, 0.15) is 52.9 Å². The Labute approximate surface area is 130 Å². The third-order valence-electron chi connectivity index (χ3n) is 4.90. The van der Waals surface area contributed by atoms with Crippen molar-refractivity contribution < 1.29 is 8.42 Å². The van der Waals surface area contributed by atoms with E-state index < -0.39 is 10.2 Å². The molecule has 2 aliphatic rings. The fraction of sp³-hybridized carbons (Fsp3) is 1.00. The first-order valence-electron chi connectivity index (χ1n) is 8.34. The van der Waals surface area contributed by atoms with Crippen molar-refractivity contribution in [3.05, 3.63) is 0 Å². The molecular weight excluding hydrogens is 286 g/mol. The first-order valence-corrected chi connectivity index (χ1v) is 9.74. The van der Waals surface area contributed by atoms with Crippen LogP contribution in [-0.2, 0) is 10.2 Å². The number of likely N-dealkylation sites (N-methyl/N-ethyl adjacent to an activating group) is 1. The van der Waals surface area contributed by atoms with Crippen molar-refractivity contribution >= 4 is 10.2 Å². The van der Waals surface area contributed by atoms with Crippen molar-refractivity contribution in [3.63, 3.8) is 0 Å². The molecular formula is C15H31N3O2S. The van der Waals surface area contributed by atoms with Crippen LogP contribution in [0.4, 0.5) is 0 Å². The molecule has 0 aromatic carbocycles. The zero-order chi connectivity index (χ0) is 15.5. The van der Waals surface area contributed by atoms with E-state index in [4.69, 9.17) is 0 Å². The van der Waals surface area contributed by atoms with Gasteiger partial charge in [0.1, 0.15) is 0 Å². The van der Waals surface area contributed by atoms with E-state index in [0.717, 1.165) is 45.2 Å². The predicted octanol–water partition coefficient (Wildman–Crippen LogP) is 1.82. The Bertz CT molecular complexity index is 426. The van der Waals surface area contributed by atoms with Crippen LogP contribution in [0, 0.1) is 5.41 Å². The number of rotatable bonds is 5. The first-order chi connectivity index (χ1) is 9.87. The van der Waals surface area contributed by atoms with E-state index in [1.54, 1.807) is 8.61 Å². The van der Waals surface area contributed by atoms with Crippen LogP contribution in [0.15, 0.2) is 0 Å². The summed E-state index contributed by atoms with van der Waals surface area (Å²) in [6.07, 6.45) is 5.01.